The molecule has 1 aromatic rings. The number of rotatable bonds is 1. The highest BCUT2D eigenvalue weighted by Crippen LogP contribution is 2.20. The monoisotopic (exact) mass is 240 g/mol. The van der Waals surface area contributed by atoms with Crippen LogP contribution >= 0.6 is 0 Å². The van der Waals surface area contributed by atoms with E-state index in [0.29, 0.717) is 6.42 Å². The van der Waals surface area contributed by atoms with Crippen molar-refractivity contribution in [1.29, 1.82) is 0 Å². The lowest BCUT2D eigenvalue weighted by Gasteiger charge is -2.10. The van der Waals surface area contributed by atoms with Crippen molar-refractivity contribution in [2.45, 2.75) is 6.42 Å². The van der Waals surface area contributed by atoms with Crippen molar-refractivity contribution >= 4 is 0 Å². The van der Waals surface area contributed by atoms with Crippen LogP contribution in [0.1, 0.15) is 12.0 Å². The van der Waals surface area contributed by atoms with Crippen LogP contribution in [0.15, 0.2) is 53.9 Å². The summed E-state index contributed by atoms with van der Waals surface area (Å²) in [7, 11) is 0. The lowest BCUT2D eigenvalue weighted by atomic mass is 9.97. The van der Waals surface area contributed by atoms with Crippen molar-refractivity contribution in [2.75, 3.05) is 0 Å². The molecule has 0 saturated carbocycles. The Labute approximate surface area is 105 Å². The highest BCUT2D eigenvalue weighted by atomic mass is 16.6. The lowest BCUT2D eigenvalue weighted by molar-refractivity contribution is -0.420. The number of nitrogens with two attached hydrogens (primary N) is 1. The van der Waals surface area contributed by atoms with Crippen LogP contribution in [-0.2, 0) is 0 Å². The van der Waals surface area contributed by atoms with Crippen LogP contribution in [0.3, 0.4) is 0 Å². The second kappa shape index (κ2) is 5.19. The van der Waals surface area contributed by atoms with Crippen LogP contribution in [0.25, 0.3) is 0 Å². The maximum absolute atomic E-state index is 10.6. The molecular formula is C14H12N2O2. The fraction of sp³-hybridized carbons (Fsp3) is 0.143. The first-order chi connectivity index (χ1) is 8.66. The zero-order valence-corrected chi connectivity index (χ0v) is 9.67. The van der Waals surface area contributed by atoms with Gasteiger partial charge < -0.3 is 5.73 Å². The number of benzene rings is 1. The molecule has 0 saturated heterocycles. The summed E-state index contributed by atoms with van der Waals surface area (Å²) >= 11 is 0. The summed E-state index contributed by atoms with van der Waals surface area (Å²) in [5, 5.41) is 10.6. The van der Waals surface area contributed by atoms with Crippen LogP contribution in [0.4, 0.5) is 0 Å². The van der Waals surface area contributed by atoms with E-state index in [9.17, 15) is 10.1 Å². The second-order valence-electron chi connectivity index (χ2n) is 3.97. The fourth-order valence-corrected chi connectivity index (χ4v) is 1.70. The molecule has 1 aliphatic carbocycles. The van der Waals surface area contributed by atoms with E-state index >= 15 is 0 Å². The van der Waals surface area contributed by atoms with Gasteiger partial charge in [-0.1, -0.05) is 36.1 Å². The molecule has 2 N–H and O–H groups in total. The molecule has 90 valence electrons. The summed E-state index contributed by atoms with van der Waals surface area (Å²) < 4.78 is 0. The number of nitrogens with zero attached hydrogens (tertiary/aromatic N) is 1. The summed E-state index contributed by atoms with van der Waals surface area (Å²) in [6.07, 6.45) is 3.57. The largest absolute Gasteiger partial charge is 0.396 e. The summed E-state index contributed by atoms with van der Waals surface area (Å²) in [5.41, 5.74) is 6.85. The molecule has 1 aliphatic rings. The minimum Gasteiger partial charge on any atom is -0.396 e. The van der Waals surface area contributed by atoms with Gasteiger partial charge in [-0.3, -0.25) is 10.1 Å². The van der Waals surface area contributed by atoms with Crippen molar-refractivity contribution in [3.63, 3.8) is 0 Å². The smallest absolute Gasteiger partial charge is 0.287 e. The Hall–Kier alpha value is -2.54. The van der Waals surface area contributed by atoms with E-state index in [1.54, 1.807) is 6.08 Å². The molecule has 0 aliphatic heterocycles. The normalized spacial score (nSPS) is 18.1. The van der Waals surface area contributed by atoms with E-state index in [1.165, 1.54) is 6.08 Å². The number of nitro groups is 1. The molecule has 1 atom stereocenters. The van der Waals surface area contributed by atoms with Gasteiger partial charge in [0.25, 0.3) is 5.70 Å². The summed E-state index contributed by atoms with van der Waals surface area (Å²) in [4.78, 5) is 10.2. The molecular weight excluding hydrogens is 228 g/mol. The van der Waals surface area contributed by atoms with E-state index in [4.69, 9.17) is 5.73 Å². The average Bonchev–Trinajstić information content (AvgIpc) is 2.37. The van der Waals surface area contributed by atoms with Crippen molar-refractivity contribution in [2.24, 2.45) is 11.7 Å². The second-order valence-corrected chi connectivity index (χ2v) is 3.97. The lowest BCUT2D eigenvalue weighted by Crippen LogP contribution is -2.14. The van der Waals surface area contributed by atoms with Gasteiger partial charge in [0.2, 0.25) is 0 Å². The van der Waals surface area contributed by atoms with Gasteiger partial charge >= 0.3 is 0 Å². The Morgan fingerprint density at radius 2 is 2.06 bits per heavy atom. The summed E-state index contributed by atoms with van der Waals surface area (Å²) in [5.74, 6) is 6.02. The van der Waals surface area contributed by atoms with E-state index in [2.05, 4.69) is 11.8 Å². The van der Waals surface area contributed by atoms with Gasteiger partial charge in [0, 0.05) is 24.0 Å². The van der Waals surface area contributed by atoms with Crippen molar-refractivity contribution in [3.05, 3.63) is 69.6 Å². The third-order valence-electron chi connectivity index (χ3n) is 2.63. The summed E-state index contributed by atoms with van der Waals surface area (Å²) in [6.45, 7) is 0. The van der Waals surface area contributed by atoms with E-state index in [0.717, 1.165) is 5.56 Å². The van der Waals surface area contributed by atoms with Gasteiger partial charge in [-0.2, -0.15) is 0 Å². The average molecular weight is 240 g/mol. The minimum atomic E-state index is -0.466. The Morgan fingerprint density at radius 1 is 1.33 bits per heavy atom. The van der Waals surface area contributed by atoms with Crippen LogP contribution in [0, 0.1) is 27.9 Å². The van der Waals surface area contributed by atoms with E-state index < -0.39 is 4.92 Å². The number of hydrogen-bond acceptors (Lipinski definition) is 3. The van der Waals surface area contributed by atoms with E-state index in [-0.39, 0.29) is 17.3 Å². The van der Waals surface area contributed by atoms with Gasteiger partial charge in [-0.15, -0.1) is 0 Å². The van der Waals surface area contributed by atoms with Crippen molar-refractivity contribution in [1.82, 2.24) is 0 Å². The van der Waals surface area contributed by atoms with Gasteiger partial charge in [0.05, 0.1) is 10.6 Å². The topological polar surface area (TPSA) is 69.2 Å². The standard InChI is InChI=1S/C14H12N2O2/c15-13-10-12(8-9-14(13)16(17)18)7-6-11-4-2-1-3-5-11/h1-5,8-9,12H,10,15H2. The Morgan fingerprint density at radius 3 is 2.67 bits per heavy atom. The molecule has 1 unspecified atom stereocenters. The molecule has 2 rings (SSSR count). The van der Waals surface area contributed by atoms with Crippen molar-refractivity contribution < 1.29 is 4.92 Å². The zero-order valence-electron chi connectivity index (χ0n) is 9.67. The number of hydrogen-bond donors (Lipinski definition) is 1. The molecule has 4 heteroatoms. The van der Waals surface area contributed by atoms with Gasteiger partial charge in [0.15, 0.2) is 0 Å². The molecule has 0 spiro atoms. The maximum Gasteiger partial charge on any atom is 0.287 e. The number of allylic oxidation sites excluding steroid dienone is 3. The first-order valence-electron chi connectivity index (χ1n) is 5.54. The molecule has 0 aromatic heterocycles. The quantitative estimate of drug-likeness (QED) is 0.464. The van der Waals surface area contributed by atoms with Crippen LogP contribution < -0.4 is 5.73 Å². The van der Waals surface area contributed by atoms with Gasteiger partial charge in [-0.05, 0) is 12.1 Å². The van der Waals surface area contributed by atoms with Crippen LogP contribution in [0.5, 0.6) is 0 Å². The molecule has 0 bridgehead atoms. The maximum atomic E-state index is 10.6. The Kier molecular flexibility index (Phi) is 3.44. The molecule has 4 nitrogen and oxygen atoms in total. The Bertz CT molecular complexity index is 577. The predicted molar refractivity (Wildman–Crippen MR) is 68.8 cm³/mol. The third-order valence-corrected chi connectivity index (χ3v) is 2.63. The van der Waals surface area contributed by atoms with Gasteiger partial charge in [-0.25, -0.2) is 0 Å². The molecule has 18 heavy (non-hydrogen) atoms. The first-order valence-corrected chi connectivity index (χ1v) is 5.54. The van der Waals surface area contributed by atoms with Crippen LogP contribution in [-0.4, -0.2) is 4.92 Å². The molecule has 0 radical (unpaired) electrons. The SMILES string of the molecule is NC1=C([N+](=O)[O-])C=CC(C#Cc2ccccc2)C1. The fourth-order valence-electron chi connectivity index (χ4n) is 1.70. The molecule has 0 heterocycles. The summed E-state index contributed by atoms with van der Waals surface area (Å²) in [6, 6.07) is 9.60. The van der Waals surface area contributed by atoms with Gasteiger partial charge in [0.1, 0.15) is 0 Å². The van der Waals surface area contributed by atoms with E-state index in [1.807, 2.05) is 30.3 Å². The third kappa shape index (κ3) is 2.77. The van der Waals surface area contributed by atoms with Crippen molar-refractivity contribution in [3.8, 4) is 11.8 Å². The molecule has 1 aromatic carbocycles. The minimum absolute atomic E-state index is 0.0206. The van der Waals surface area contributed by atoms with Crippen LogP contribution in [0.2, 0.25) is 0 Å². The highest BCUT2D eigenvalue weighted by Gasteiger charge is 2.20. The molecule has 0 fully saturated rings. The predicted octanol–water partition coefficient (Wildman–Crippen LogP) is 2.06. The first kappa shape index (κ1) is 11.9. The highest BCUT2D eigenvalue weighted by molar-refractivity contribution is 5.37. The Balaban J connectivity index is 2.11. The molecule has 0 amide bonds. The zero-order chi connectivity index (χ0) is 13.0.